The van der Waals surface area contributed by atoms with Crippen LogP contribution in [0.4, 0.5) is 13.2 Å². The average molecular weight is 231 g/mol. The summed E-state index contributed by atoms with van der Waals surface area (Å²) in [4.78, 5) is 1.93. The molecule has 0 bridgehead atoms. The molecular weight excluding hydrogens is 215 g/mol. The highest BCUT2D eigenvalue weighted by molar-refractivity contribution is 5.27. The molecule has 0 amide bonds. The van der Waals surface area contributed by atoms with E-state index in [0.29, 0.717) is 12.1 Å². The van der Waals surface area contributed by atoms with Gasteiger partial charge in [0.15, 0.2) is 0 Å². The standard InChI is InChI=1S/C12H16F3N/c1-9(12(13,14)15)11-6-4-5-10(7-11)8-16(2)3/h4-7,9H,8H2,1-3H3. The van der Waals surface area contributed by atoms with Crippen molar-refractivity contribution in [3.63, 3.8) is 0 Å². The maximum Gasteiger partial charge on any atom is 0.395 e. The maximum absolute atomic E-state index is 12.5. The van der Waals surface area contributed by atoms with E-state index < -0.39 is 12.1 Å². The molecule has 0 aliphatic carbocycles. The second-order valence-corrected chi connectivity index (χ2v) is 4.25. The molecule has 1 unspecified atom stereocenters. The Balaban J connectivity index is 2.90. The number of benzene rings is 1. The van der Waals surface area contributed by atoms with Gasteiger partial charge < -0.3 is 4.90 Å². The highest BCUT2D eigenvalue weighted by Crippen LogP contribution is 2.34. The molecule has 0 fully saturated rings. The summed E-state index contributed by atoms with van der Waals surface area (Å²) >= 11 is 0. The maximum atomic E-state index is 12.5. The smallest absolute Gasteiger partial charge is 0.305 e. The zero-order valence-corrected chi connectivity index (χ0v) is 9.67. The zero-order chi connectivity index (χ0) is 12.3. The first-order valence-electron chi connectivity index (χ1n) is 5.11. The van der Waals surface area contributed by atoms with E-state index in [9.17, 15) is 13.2 Å². The lowest BCUT2D eigenvalue weighted by molar-refractivity contribution is -0.146. The van der Waals surface area contributed by atoms with Gasteiger partial charge >= 0.3 is 6.18 Å². The molecule has 1 aromatic carbocycles. The molecule has 0 heterocycles. The molecule has 0 saturated carbocycles. The second-order valence-electron chi connectivity index (χ2n) is 4.25. The van der Waals surface area contributed by atoms with Crippen LogP contribution < -0.4 is 0 Å². The Morgan fingerprint density at radius 3 is 2.38 bits per heavy atom. The van der Waals surface area contributed by atoms with Crippen molar-refractivity contribution in [3.8, 4) is 0 Å². The van der Waals surface area contributed by atoms with Gasteiger partial charge in [-0.3, -0.25) is 0 Å². The summed E-state index contributed by atoms with van der Waals surface area (Å²) in [6, 6.07) is 6.67. The molecule has 0 aliphatic rings. The van der Waals surface area contributed by atoms with Gasteiger partial charge in [-0.05, 0) is 32.1 Å². The van der Waals surface area contributed by atoms with Crippen molar-refractivity contribution in [3.05, 3.63) is 35.4 Å². The second kappa shape index (κ2) is 4.87. The van der Waals surface area contributed by atoms with Crippen LogP contribution in [0.2, 0.25) is 0 Å². The highest BCUT2D eigenvalue weighted by atomic mass is 19.4. The zero-order valence-electron chi connectivity index (χ0n) is 9.67. The summed E-state index contributed by atoms with van der Waals surface area (Å²) in [6.45, 7) is 1.84. The molecule has 0 N–H and O–H groups in total. The molecule has 0 spiro atoms. The summed E-state index contributed by atoms with van der Waals surface area (Å²) in [5, 5.41) is 0. The molecule has 0 saturated heterocycles. The Bertz CT molecular complexity index is 344. The third kappa shape index (κ3) is 3.52. The topological polar surface area (TPSA) is 3.24 Å². The van der Waals surface area contributed by atoms with Crippen LogP contribution in [0.1, 0.15) is 24.0 Å². The van der Waals surface area contributed by atoms with Gasteiger partial charge in [-0.2, -0.15) is 13.2 Å². The minimum absolute atomic E-state index is 0.326. The van der Waals surface area contributed by atoms with Crippen molar-refractivity contribution in [2.75, 3.05) is 14.1 Å². The molecule has 4 heteroatoms. The van der Waals surface area contributed by atoms with Crippen molar-refractivity contribution in [2.45, 2.75) is 25.6 Å². The minimum atomic E-state index is -4.17. The molecule has 1 nitrogen and oxygen atoms in total. The fourth-order valence-corrected chi connectivity index (χ4v) is 1.51. The molecule has 0 radical (unpaired) electrons. The number of hydrogen-bond acceptors (Lipinski definition) is 1. The Hall–Kier alpha value is -1.03. The lowest BCUT2D eigenvalue weighted by Crippen LogP contribution is -2.18. The fraction of sp³-hybridized carbons (Fsp3) is 0.500. The Morgan fingerprint density at radius 1 is 1.25 bits per heavy atom. The summed E-state index contributed by atoms with van der Waals surface area (Å²) in [7, 11) is 3.78. The summed E-state index contributed by atoms with van der Waals surface area (Å²) < 4.78 is 37.6. The van der Waals surface area contributed by atoms with E-state index in [0.717, 1.165) is 5.56 Å². The quantitative estimate of drug-likeness (QED) is 0.770. The van der Waals surface area contributed by atoms with Gasteiger partial charge in [-0.15, -0.1) is 0 Å². The van der Waals surface area contributed by atoms with Crippen LogP contribution in [0.25, 0.3) is 0 Å². The first-order chi connectivity index (χ1) is 7.30. The van der Waals surface area contributed by atoms with Crippen molar-refractivity contribution < 1.29 is 13.2 Å². The number of hydrogen-bond donors (Lipinski definition) is 0. The molecule has 90 valence electrons. The van der Waals surface area contributed by atoms with Gasteiger partial charge in [0.25, 0.3) is 0 Å². The van der Waals surface area contributed by atoms with E-state index in [1.54, 1.807) is 12.1 Å². The molecule has 1 atom stereocenters. The Kier molecular flexibility index (Phi) is 3.97. The predicted octanol–water partition coefficient (Wildman–Crippen LogP) is 3.41. The van der Waals surface area contributed by atoms with E-state index in [1.165, 1.54) is 13.0 Å². The third-order valence-corrected chi connectivity index (χ3v) is 2.44. The number of rotatable bonds is 3. The lowest BCUT2D eigenvalue weighted by atomic mass is 9.98. The van der Waals surface area contributed by atoms with Crippen LogP contribution in [0.5, 0.6) is 0 Å². The monoisotopic (exact) mass is 231 g/mol. The molecule has 0 aliphatic heterocycles. The number of halogens is 3. The van der Waals surface area contributed by atoms with Crippen molar-refractivity contribution >= 4 is 0 Å². The van der Waals surface area contributed by atoms with Crippen LogP contribution >= 0.6 is 0 Å². The van der Waals surface area contributed by atoms with Gasteiger partial charge in [-0.25, -0.2) is 0 Å². The normalized spacial score (nSPS) is 14.2. The van der Waals surface area contributed by atoms with Crippen molar-refractivity contribution in [1.29, 1.82) is 0 Å². The van der Waals surface area contributed by atoms with E-state index in [4.69, 9.17) is 0 Å². The van der Waals surface area contributed by atoms with Gasteiger partial charge in [0.1, 0.15) is 0 Å². The van der Waals surface area contributed by atoms with Crippen LogP contribution in [-0.4, -0.2) is 25.2 Å². The summed E-state index contributed by atoms with van der Waals surface area (Å²) in [5.41, 5.74) is 1.23. The van der Waals surface area contributed by atoms with E-state index in [2.05, 4.69) is 0 Å². The predicted molar refractivity (Wildman–Crippen MR) is 58.3 cm³/mol. The lowest BCUT2D eigenvalue weighted by Gasteiger charge is -2.17. The first-order valence-corrected chi connectivity index (χ1v) is 5.11. The SMILES string of the molecule is CC(c1cccc(CN(C)C)c1)C(F)(F)F. The third-order valence-electron chi connectivity index (χ3n) is 2.44. The van der Waals surface area contributed by atoms with Crippen LogP contribution in [0.3, 0.4) is 0 Å². The molecule has 1 aromatic rings. The highest BCUT2D eigenvalue weighted by Gasteiger charge is 2.36. The Labute approximate surface area is 93.9 Å². The Morgan fingerprint density at radius 2 is 1.88 bits per heavy atom. The van der Waals surface area contributed by atoms with Gasteiger partial charge in [-0.1, -0.05) is 24.3 Å². The molecule has 16 heavy (non-hydrogen) atoms. The van der Waals surface area contributed by atoms with Gasteiger partial charge in [0.05, 0.1) is 5.92 Å². The first kappa shape index (κ1) is 13.0. The average Bonchev–Trinajstić information content (AvgIpc) is 2.14. The number of alkyl halides is 3. The summed E-state index contributed by atoms with van der Waals surface area (Å²) in [6.07, 6.45) is -4.17. The largest absolute Gasteiger partial charge is 0.395 e. The van der Waals surface area contributed by atoms with Crippen LogP contribution in [0, 0.1) is 0 Å². The molecule has 1 rings (SSSR count). The molecule has 0 aromatic heterocycles. The van der Waals surface area contributed by atoms with Crippen LogP contribution in [-0.2, 0) is 6.54 Å². The summed E-state index contributed by atoms with van der Waals surface area (Å²) in [5.74, 6) is -1.41. The van der Waals surface area contributed by atoms with Gasteiger partial charge in [0, 0.05) is 6.54 Å². The van der Waals surface area contributed by atoms with Gasteiger partial charge in [0.2, 0.25) is 0 Å². The minimum Gasteiger partial charge on any atom is -0.305 e. The van der Waals surface area contributed by atoms with Crippen molar-refractivity contribution in [1.82, 2.24) is 4.90 Å². The van der Waals surface area contributed by atoms with E-state index in [1.807, 2.05) is 25.1 Å². The molecular formula is C12H16F3N. The van der Waals surface area contributed by atoms with Crippen LogP contribution in [0.15, 0.2) is 24.3 Å². The van der Waals surface area contributed by atoms with E-state index in [-0.39, 0.29) is 0 Å². The van der Waals surface area contributed by atoms with E-state index >= 15 is 0 Å². The number of nitrogens with zero attached hydrogens (tertiary/aromatic N) is 1. The fourth-order valence-electron chi connectivity index (χ4n) is 1.51. The van der Waals surface area contributed by atoms with Crippen molar-refractivity contribution in [2.24, 2.45) is 0 Å².